The molecule has 0 bridgehead atoms. The maximum atomic E-state index is 16.2. The van der Waals surface area contributed by atoms with E-state index in [1.807, 2.05) is 0 Å². The van der Waals surface area contributed by atoms with Crippen molar-refractivity contribution in [3.63, 3.8) is 0 Å². The molecule has 1 aliphatic rings. The Balaban J connectivity index is 2.28. The van der Waals surface area contributed by atoms with Gasteiger partial charge >= 0.3 is 0 Å². The molecule has 14 heteroatoms. The zero-order valence-electron chi connectivity index (χ0n) is 15.4. The highest BCUT2D eigenvalue weighted by atomic mass is 19.2. The van der Waals surface area contributed by atoms with Crippen molar-refractivity contribution in [1.82, 2.24) is 0 Å². The third-order valence-corrected chi connectivity index (χ3v) is 5.35. The van der Waals surface area contributed by atoms with Crippen LogP contribution in [0.5, 0.6) is 0 Å². The van der Waals surface area contributed by atoms with E-state index in [0.29, 0.717) is 0 Å². The Morgan fingerprint density at radius 1 is 0.324 bits per heavy atom. The summed E-state index contributed by atoms with van der Waals surface area (Å²) >= 11 is 0. The quantitative estimate of drug-likeness (QED) is 0.203. The van der Waals surface area contributed by atoms with E-state index < -0.39 is 116 Å². The van der Waals surface area contributed by atoms with Crippen LogP contribution < -0.4 is 0 Å². The molecule has 0 amide bonds. The lowest BCUT2D eigenvalue weighted by molar-refractivity contribution is -0.0450. The standard InChI is InChI=1S/C20H2F14/c21-3-1-5(23)11(25)13(27)7(3)19(33)9-10(16(30)18(32)17(31)15(9)29)20(19,34)8-4(22)2-6(24)12(26)14(8)28/h1-2H. The molecule has 0 radical (unpaired) electrons. The van der Waals surface area contributed by atoms with Crippen LogP contribution in [0, 0.1) is 69.8 Å². The Morgan fingerprint density at radius 3 is 0.882 bits per heavy atom. The second-order valence-corrected chi connectivity index (χ2v) is 7.01. The molecule has 1 aliphatic carbocycles. The van der Waals surface area contributed by atoms with Crippen LogP contribution in [-0.4, -0.2) is 0 Å². The number of hydrogen-bond donors (Lipinski definition) is 0. The summed E-state index contributed by atoms with van der Waals surface area (Å²) in [5, 5.41) is 0. The summed E-state index contributed by atoms with van der Waals surface area (Å²) in [4.78, 5) is 0. The molecule has 180 valence electrons. The van der Waals surface area contributed by atoms with Crippen molar-refractivity contribution >= 4 is 0 Å². The molecule has 0 saturated heterocycles. The molecule has 0 spiro atoms. The number of benzene rings is 3. The van der Waals surface area contributed by atoms with Crippen molar-refractivity contribution in [1.29, 1.82) is 0 Å². The average Bonchev–Trinajstić information content (AvgIpc) is 2.76. The first-order valence-corrected chi connectivity index (χ1v) is 8.55. The predicted molar refractivity (Wildman–Crippen MR) is 82.6 cm³/mol. The van der Waals surface area contributed by atoms with Crippen molar-refractivity contribution in [2.75, 3.05) is 0 Å². The van der Waals surface area contributed by atoms with Gasteiger partial charge in [-0.25, -0.2) is 61.5 Å². The van der Waals surface area contributed by atoms with E-state index in [1.165, 1.54) is 0 Å². The van der Waals surface area contributed by atoms with E-state index in [9.17, 15) is 52.7 Å². The zero-order chi connectivity index (χ0) is 25.7. The van der Waals surface area contributed by atoms with E-state index >= 15 is 8.78 Å². The molecule has 2 unspecified atom stereocenters. The van der Waals surface area contributed by atoms with Crippen LogP contribution >= 0.6 is 0 Å². The Bertz CT molecular complexity index is 1310. The van der Waals surface area contributed by atoms with Gasteiger partial charge in [-0.15, -0.1) is 0 Å². The van der Waals surface area contributed by atoms with Gasteiger partial charge in [0.1, 0.15) is 11.6 Å². The first-order valence-electron chi connectivity index (χ1n) is 8.55. The van der Waals surface area contributed by atoms with Crippen molar-refractivity contribution in [2.24, 2.45) is 0 Å². The predicted octanol–water partition coefficient (Wildman–Crippen LogP) is 6.80. The summed E-state index contributed by atoms with van der Waals surface area (Å²) in [5.74, 6) is -32.9. The minimum atomic E-state index is -5.21. The van der Waals surface area contributed by atoms with Gasteiger partial charge in [0.2, 0.25) is 11.3 Å². The van der Waals surface area contributed by atoms with E-state index in [0.717, 1.165) is 0 Å². The van der Waals surface area contributed by atoms with E-state index in [4.69, 9.17) is 0 Å². The lowest BCUT2D eigenvalue weighted by Gasteiger charge is -2.50. The fourth-order valence-corrected chi connectivity index (χ4v) is 3.92. The molecule has 34 heavy (non-hydrogen) atoms. The number of fused-ring (bicyclic) bond motifs is 1. The van der Waals surface area contributed by atoms with Crippen molar-refractivity contribution in [3.8, 4) is 0 Å². The molecule has 4 rings (SSSR count). The Labute approximate surface area is 178 Å². The van der Waals surface area contributed by atoms with Gasteiger partial charge in [-0.3, -0.25) is 0 Å². The molecule has 0 saturated carbocycles. The van der Waals surface area contributed by atoms with Gasteiger partial charge in [0.15, 0.2) is 58.2 Å². The smallest absolute Gasteiger partial charge is 0.212 e. The van der Waals surface area contributed by atoms with Gasteiger partial charge in [-0.1, -0.05) is 0 Å². The van der Waals surface area contributed by atoms with E-state index in [2.05, 4.69) is 0 Å². The van der Waals surface area contributed by atoms with Crippen LogP contribution in [0.1, 0.15) is 22.3 Å². The molecule has 2 atom stereocenters. The third-order valence-electron chi connectivity index (χ3n) is 5.35. The van der Waals surface area contributed by atoms with Gasteiger partial charge in [0, 0.05) is 23.3 Å². The molecule has 0 aliphatic heterocycles. The van der Waals surface area contributed by atoms with Crippen LogP contribution in [0.2, 0.25) is 0 Å². The van der Waals surface area contributed by atoms with Gasteiger partial charge in [-0.2, -0.15) is 0 Å². The number of alkyl halides is 2. The lowest BCUT2D eigenvalue weighted by atomic mass is 9.56. The van der Waals surface area contributed by atoms with Gasteiger partial charge < -0.3 is 0 Å². The first-order chi connectivity index (χ1) is 15.6. The van der Waals surface area contributed by atoms with Crippen LogP contribution in [0.4, 0.5) is 61.5 Å². The summed E-state index contributed by atoms with van der Waals surface area (Å²) in [7, 11) is 0. The molecule has 0 heterocycles. The highest BCUT2D eigenvalue weighted by Gasteiger charge is 2.75. The summed E-state index contributed by atoms with van der Waals surface area (Å²) in [5.41, 5.74) is -20.7. The molecular formula is C20H2F14. The summed E-state index contributed by atoms with van der Waals surface area (Å²) in [6.45, 7) is 0. The van der Waals surface area contributed by atoms with Crippen molar-refractivity contribution < 1.29 is 61.5 Å². The minimum Gasteiger partial charge on any atom is -0.229 e. The minimum absolute atomic E-state index is 0.639. The van der Waals surface area contributed by atoms with Crippen molar-refractivity contribution in [2.45, 2.75) is 11.3 Å². The molecular weight excluding hydrogens is 506 g/mol. The van der Waals surface area contributed by atoms with E-state index in [-0.39, 0.29) is 0 Å². The first kappa shape index (κ1) is 23.8. The normalized spacial score (nSPS) is 21.5. The van der Waals surface area contributed by atoms with Crippen molar-refractivity contribution in [3.05, 3.63) is 104 Å². The van der Waals surface area contributed by atoms with Crippen LogP contribution in [0.25, 0.3) is 0 Å². The highest BCUT2D eigenvalue weighted by Crippen LogP contribution is 2.68. The summed E-state index contributed by atoms with van der Waals surface area (Å²) in [6.07, 6.45) is 0. The SMILES string of the molecule is Fc1cc(F)c(C2(F)c3c(F)c(F)c(F)c(F)c3C2(F)c2c(F)cc(F)c(F)c2F)c(F)c1F. The van der Waals surface area contributed by atoms with Crippen LogP contribution in [0.3, 0.4) is 0 Å². The average molecular weight is 508 g/mol. The molecule has 3 aromatic carbocycles. The topological polar surface area (TPSA) is 0 Å². The molecule has 0 aromatic heterocycles. The van der Waals surface area contributed by atoms with Gasteiger partial charge in [0.05, 0.1) is 11.1 Å². The third kappa shape index (κ3) is 2.50. The van der Waals surface area contributed by atoms with E-state index in [1.54, 1.807) is 0 Å². The summed E-state index contributed by atoms with van der Waals surface area (Å²) < 4.78 is 200. The second-order valence-electron chi connectivity index (χ2n) is 7.01. The largest absolute Gasteiger partial charge is 0.229 e. The zero-order valence-corrected chi connectivity index (χ0v) is 15.4. The highest BCUT2D eigenvalue weighted by molar-refractivity contribution is 5.65. The maximum Gasteiger partial charge on any atom is 0.212 e. The Morgan fingerprint density at radius 2 is 0.588 bits per heavy atom. The molecule has 3 aromatic rings. The van der Waals surface area contributed by atoms with Gasteiger partial charge in [0.25, 0.3) is 0 Å². The summed E-state index contributed by atoms with van der Waals surface area (Å²) in [6, 6.07) is -1.28. The molecule has 0 nitrogen and oxygen atoms in total. The second kappa shape index (κ2) is 7.09. The fraction of sp³-hybridized carbons (Fsp3) is 0.100. The van der Waals surface area contributed by atoms with Crippen LogP contribution in [0.15, 0.2) is 12.1 Å². The lowest BCUT2D eigenvalue weighted by Crippen LogP contribution is -2.58. The monoisotopic (exact) mass is 508 g/mol. The molecule has 0 fully saturated rings. The Hall–Kier alpha value is -3.32. The van der Waals surface area contributed by atoms with Gasteiger partial charge in [-0.05, 0) is 0 Å². The Kier molecular flexibility index (Phi) is 4.97. The maximum absolute atomic E-state index is 16.2. The fourth-order valence-electron chi connectivity index (χ4n) is 3.92. The van der Waals surface area contributed by atoms with Crippen LogP contribution in [-0.2, 0) is 11.3 Å². The number of hydrogen-bond acceptors (Lipinski definition) is 0. The molecule has 0 N–H and O–H groups in total. The number of rotatable bonds is 2. The number of halogens is 14.